The van der Waals surface area contributed by atoms with Crippen LogP contribution in [0.5, 0.6) is 0 Å². The molecular weight excluding hydrogens is 284 g/mol. The van der Waals surface area contributed by atoms with Gasteiger partial charge in [-0.05, 0) is 67.3 Å². The van der Waals surface area contributed by atoms with E-state index in [2.05, 4.69) is 47.0 Å². The van der Waals surface area contributed by atoms with Gasteiger partial charge in [0.15, 0.2) is 0 Å². The van der Waals surface area contributed by atoms with Crippen molar-refractivity contribution in [1.29, 1.82) is 0 Å². The summed E-state index contributed by atoms with van der Waals surface area (Å²) in [5.74, 6) is 0. The van der Waals surface area contributed by atoms with E-state index in [-0.39, 0.29) is 6.03 Å². The van der Waals surface area contributed by atoms with Crippen LogP contribution in [0.25, 0.3) is 0 Å². The van der Waals surface area contributed by atoms with Gasteiger partial charge in [0, 0.05) is 12.2 Å². The van der Waals surface area contributed by atoms with Crippen LogP contribution in [0.3, 0.4) is 0 Å². The maximum absolute atomic E-state index is 11.9. The van der Waals surface area contributed by atoms with Crippen LogP contribution in [0.4, 0.5) is 10.5 Å². The van der Waals surface area contributed by atoms with Crippen molar-refractivity contribution in [3.8, 4) is 0 Å². The van der Waals surface area contributed by atoms with Crippen molar-refractivity contribution in [3.63, 3.8) is 0 Å². The zero-order valence-electron chi connectivity index (χ0n) is 13.5. The molecule has 0 saturated carbocycles. The number of carbonyl (C=O) groups is 1. The third-order valence-electron chi connectivity index (χ3n) is 4.38. The lowest BCUT2D eigenvalue weighted by atomic mass is 10.1. The SMILES string of the molecule is O=C(NCCCCc1ccccc1)Nc1ccc2c(c1)CCC2. The number of benzene rings is 2. The topological polar surface area (TPSA) is 41.1 Å². The van der Waals surface area contributed by atoms with Gasteiger partial charge in [-0.1, -0.05) is 36.4 Å². The molecule has 1 aliphatic carbocycles. The molecule has 3 rings (SSSR count). The number of fused-ring (bicyclic) bond motifs is 1. The second-order valence-corrected chi connectivity index (χ2v) is 6.16. The van der Waals surface area contributed by atoms with E-state index in [1.54, 1.807) is 0 Å². The third-order valence-corrected chi connectivity index (χ3v) is 4.38. The van der Waals surface area contributed by atoms with Crippen molar-refractivity contribution in [1.82, 2.24) is 5.32 Å². The first-order valence-corrected chi connectivity index (χ1v) is 8.52. The van der Waals surface area contributed by atoms with E-state index in [4.69, 9.17) is 0 Å². The van der Waals surface area contributed by atoms with Crippen LogP contribution in [0.1, 0.15) is 36.0 Å². The zero-order chi connectivity index (χ0) is 15.9. The Kier molecular flexibility index (Phi) is 5.30. The Morgan fingerprint density at radius 2 is 1.78 bits per heavy atom. The maximum atomic E-state index is 11.9. The van der Waals surface area contributed by atoms with Crippen LogP contribution < -0.4 is 10.6 Å². The number of amides is 2. The van der Waals surface area contributed by atoms with Crippen molar-refractivity contribution < 1.29 is 4.79 Å². The standard InChI is InChI=1S/C20H24N2O/c23-20(21-14-5-4-9-16-7-2-1-3-8-16)22-19-13-12-17-10-6-11-18(17)15-19/h1-3,7-8,12-13,15H,4-6,9-11,14H2,(H2,21,22,23). The lowest BCUT2D eigenvalue weighted by Crippen LogP contribution is -2.29. The molecule has 0 heterocycles. The van der Waals surface area contributed by atoms with E-state index in [9.17, 15) is 4.79 Å². The number of aryl methyl sites for hydroxylation is 3. The third kappa shape index (κ3) is 4.59. The second kappa shape index (κ2) is 7.82. The highest BCUT2D eigenvalue weighted by Gasteiger charge is 2.11. The van der Waals surface area contributed by atoms with Gasteiger partial charge in [-0.2, -0.15) is 0 Å². The van der Waals surface area contributed by atoms with Crippen molar-refractivity contribution in [2.45, 2.75) is 38.5 Å². The first-order valence-electron chi connectivity index (χ1n) is 8.52. The second-order valence-electron chi connectivity index (χ2n) is 6.16. The predicted molar refractivity (Wildman–Crippen MR) is 94.9 cm³/mol. The molecule has 0 aliphatic heterocycles. The van der Waals surface area contributed by atoms with Crippen LogP contribution in [0.15, 0.2) is 48.5 Å². The highest BCUT2D eigenvalue weighted by Crippen LogP contribution is 2.24. The maximum Gasteiger partial charge on any atom is 0.319 e. The molecule has 0 unspecified atom stereocenters. The van der Waals surface area contributed by atoms with E-state index in [1.807, 2.05) is 12.1 Å². The van der Waals surface area contributed by atoms with Crippen LogP contribution in [-0.2, 0) is 19.3 Å². The highest BCUT2D eigenvalue weighted by atomic mass is 16.2. The summed E-state index contributed by atoms with van der Waals surface area (Å²) in [5.41, 5.74) is 5.06. The first-order chi connectivity index (χ1) is 11.3. The molecule has 2 amide bonds. The van der Waals surface area contributed by atoms with Crippen LogP contribution in [0, 0.1) is 0 Å². The highest BCUT2D eigenvalue weighted by molar-refractivity contribution is 5.89. The summed E-state index contributed by atoms with van der Waals surface area (Å²) in [6.45, 7) is 0.712. The average Bonchev–Trinajstić information content (AvgIpc) is 3.03. The zero-order valence-corrected chi connectivity index (χ0v) is 13.5. The molecule has 120 valence electrons. The Morgan fingerprint density at radius 1 is 0.957 bits per heavy atom. The molecular formula is C20H24N2O. The number of anilines is 1. The minimum absolute atomic E-state index is 0.109. The van der Waals surface area contributed by atoms with Crippen LogP contribution in [-0.4, -0.2) is 12.6 Å². The van der Waals surface area contributed by atoms with E-state index in [0.717, 1.165) is 31.4 Å². The van der Waals surface area contributed by atoms with Gasteiger partial charge in [0.25, 0.3) is 0 Å². The summed E-state index contributed by atoms with van der Waals surface area (Å²) < 4.78 is 0. The number of carbonyl (C=O) groups excluding carboxylic acids is 1. The molecule has 2 N–H and O–H groups in total. The molecule has 0 spiro atoms. The van der Waals surface area contributed by atoms with Gasteiger partial charge in [-0.25, -0.2) is 4.79 Å². The molecule has 2 aromatic carbocycles. The summed E-state index contributed by atoms with van der Waals surface area (Å²) in [5, 5.41) is 5.87. The lowest BCUT2D eigenvalue weighted by Gasteiger charge is -2.09. The monoisotopic (exact) mass is 308 g/mol. The first kappa shape index (κ1) is 15.6. The number of urea groups is 1. The molecule has 0 saturated heterocycles. The Hall–Kier alpha value is -2.29. The Morgan fingerprint density at radius 3 is 2.65 bits per heavy atom. The summed E-state index contributed by atoms with van der Waals surface area (Å²) in [7, 11) is 0. The number of unbranched alkanes of at least 4 members (excludes halogenated alkanes) is 1. The predicted octanol–water partition coefficient (Wildman–Crippen LogP) is 4.32. The summed E-state index contributed by atoms with van der Waals surface area (Å²) >= 11 is 0. The summed E-state index contributed by atoms with van der Waals surface area (Å²) in [6, 6.07) is 16.6. The van der Waals surface area contributed by atoms with Crippen molar-refractivity contribution >= 4 is 11.7 Å². The minimum atomic E-state index is -0.109. The normalized spacial score (nSPS) is 12.7. The molecule has 3 nitrogen and oxygen atoms in total. The molecule has 0 atom stereocenters. The van der Waals surface area contributed by atoms with Crippen LogP contribution >= 0.6 is 0 Å². The molecule has 0 fully saturated rings. The Balaban J connectivity index is 1.35. The molecule has 0 radical (unpaired) electrons. The molecule has 0 aromatic heterocycles. The molecule has 0 bridgehead atoms. The van der Waals surface area contributed by atoms with Gasteiger partial charge in [-0.3, -0.25) is 0 Å². The fourth-order valence-electron chi connectivity index (χ4n) is 3.13. The van der Waals surface area contributed by atoms with Crippen molar-refractivity contribution in [2.24, 2.45) is 0 Å². The van der Waals surface area contributed by atoms with E-state index >= 15 is 0 Å². The van der Waals surface area contributed by atoms with Gasteiger partial charge in [0.05, 0.1) is 0 Å². The summed E-state index contributed by atoms with van der Waals surface area (Å²) in [6.07, 6.45) is 6.67. The van der Waals surface area contributed by atoms with Crippen molar-refractivity contribution in [2.75, 3.05) is 11.9 Å². The molecule has 23 heavy (non-hydrogen) atoms. The smallest absolute Gasteiger partial charge is 0.319 e. The minimum Gasteiger partial charge on any atom is -0.338 e. The molecule has 1 aliphatic rings. The van der Waals surface area contributed by atoms with Crippen LogP contribution in [0.2, 0.25) is 0 Å². The van der Waals surface area contributed by atoms with E-state index in [1.165, 1.54) is 29.5 Å². The van der Waals surface area contributed by atoms with Gasteiger partial charge in [0.1, 0.15) is 0 Å². The quantitative estimate of drug-likeness (QED) is 0.767. The number of nitrogens with one attached hydrogen (secondary N) is 2. The van der Waals surface area contributed by atoms with E-state index < -0.39 is 0 Å². The Bertz CT molecular complexity index is 652. The molecule has 3 heteroatoms. The number of hydrogen-bond donors (Lipinski definition) is 2. The van der Waals surface area contributed by atoms with Gasteiger partial charge in [-0.15, -0.1) is 0 Å². The lowest BCUT2D eigenvalue weighted by molar-refractivity contribution is 0.252. The fourth-order valence-corrected chi connectivity index (χ4v) is 3.13. The molecule has 2 aromatic rings. The van der Waals surface area contributed by atoms with Gasteiger partial charge >= 0.3 is 6.03 Å². The Labute approximate surface area is 138 Å². The number of hydrogen-bond acceptors (Lipinski definition) is 1. The fraction of sp³-hybridized carbons (Fsp3) is 0.350. The largest absolute Gasteiger partial charge is 0.338 e. The average molecular weight is 308 g/mol. The van der Waals surface area contributed by atoms with Crippen molar-refractivity contribution in [3.05, 3.63) is 65.2 Å². The van der Waals surface area contributed by atoms with Gasteiger partial charge < -0.3 is 10.6 Å². The summed E-state index contributed by atoms with van der Waals surface area (Å²) in [4.78, 5) is 11.9. The number of rotatable bonds is 6. The van der Waals surface area contributed by atoms with Gasteiger partial charge in [0.2, 0.25) is 0 Å². The van der Waals surface area contributed by atoms with E-state index in [0.29, 0.717) is 6.54 Å².